The molecular formula is C28H24N2O4. The topological polar surface area (TPSA) is 84.2 Å². The summed E-state index contributed by atoms with van der Waals surface area (Å²) in [4.78, 5) is 31.8. The molecule has 3 aromatic carbocycles. The number of rotatable bonds is 6. The van der Waals surface area contributed by atoms with Gasteiger partial charge in [0.25, 0.3) is 0 Å². The minimum atomic E-state index is -0.412. The van der Waals surface area contributed by atoms with Crippen molar-refractivity contribution in [3.63, 3.8) is 0 Å². The standard InChI is InChI=1S/C28H24N2O4/c1-17-24-18(2)26(28(32)34-16-20-11-7-4-8-12-20)29-22(24)13-21-14-23(30-25(17)21)27(31)33-15-19-9-5-3-6-10-19/h3-14,29-30H,15-16H2,1-2H3. The van der Waals surface area contributed by atoms with E-state index in [0.717, 1.165) is 44.1 Å². The zero-order chi connectivity index (χ0) is 23.7. The van der Waals surface area contributed by atoms with Gasteiger partial charge in [0.1, 0.15) is 24.6 Å². The van der Waals surface area contributed by atoms with Gasteiger partial charge in [-0.25, -0.2) is 9.59 Å². The fourth-order valence-electron chi connectivity index (χ4n) is 4.29. The number of esters is 2. The van der Waals surface area contributed by atoms with Crippen LogP contribution in [0.15, 0.2) is 72.8 Å². The van der Waals surface area contributed by atoms with Gasteiger partial charge < -0.3 is 19.4 Å². The number of benzene rings is 3. The third kappa shape index (κ3) is 4.06. The molecule has 0 saturated heterocycles. The number of carbonyl (C=O) groups excluding carboxylic acids is 2. The Morgan fingerprint density at radius 1 is 0.735 bits per heavy atom. The van der Waals surface area contributed by atoms with E-state index in [-0.39, 0.29) is 13.2 Å². The molecule has 0 aliphatic rings. The Morgan fingerprint density at radius 3 is 1.94 bits per heavy atom. The first-order valence-electron chi connectivity index (χ1n) is 11.1. The van der Waals surface area contributed by atoms with Crippen LogP contribution in [-0.4, -0.2) is 21.9 Å². The zero-order valence-corrected chi connectivity index (χ0v) is 19.0. The van der Waals surface area contributed by atoms with Crippen molar-refractivity contribution in [3.8, 4) is 0 Å². The molecule has 0 unspecified atom stereocenters. The molecule has 6 heteroatoms. The SMILES string of the molecule is Cc1c(C(=O)OCc2ccccc2)[nH]c2cc3cc(C(=O)OCc4ccccc4)[nH]c3c(C)c12. The predicted octanol–water partition coefficient (Wildman–Crippen LogP) is 5.98. The summed E-state index contributed by atoms with van der Waals surface area (Å²) in [5.74, 6) is -0.809. The van der Waals surface area contributed by atoms with Gasteiger partial charge in [0.15, 0.2) is 0 Å². The van der Waals surface area contributed by atoms with E-state index in [1.807, 2.05) is 80.6 Å². The van der Waals surface area contributed by atoms with Crippen molar-refractivity contribution in [2.24, 2.45) is 0 Å². The minimum Gasteiger partial charge on any atom is -0.456 e. The fraction of sp³-hybridized carbons (Fsp3) is 0.143. The number of nitrogens with one attached hydrogen (secondary N) is 2. The summed E-state index contributed by atoms with van der Waals surface area (Å²) in [6, 6.07) is 22.9. The number of H-pyrrole nitrogens is 2. The number of hydrogen-bond donors (Lipinski definition) is 2. The van der Waals surface area contributed by atoms with Gasteiger partial charge in [-0.1, -0.05) is 60.7 Å². The molecule has 2 aromatic heterocycles. The molecule has 0 aliphatic heterocycles. The summed E-state index contributed by atoms with van der Waals surface area (Å²) in [7, 11) is 0. The predicted molar refractivity (Wildman–Crippen MR) is 131 cm³/mol. The number of aryl methyl sites for hydroxylation is 2. The Morgan fingerprint density at radius 2 is 1.32 bits per heavy atom. The summed E-state index contributed by atoms with van der Waals surface area (Å²) < 4.78 is 11.0. The normalized spacial score (nSPS) is 11.1. The largest absolute Gasteiger partial charge is 0.456 e. The Kier molecular flexibility index (Phi) is 5.64. The van der Waals surface area contributed by atoms with Gasteiger partial charge in [0.2, 0.25) is 0 Å². The zero-order valence-electron chi connectivity index (χ0n) is 19.0. The van der Waals surface area contributed by atoms with E-state index >= 15 is 0 Å². The average Bonchev–Trinajstić information content (AvgIpc) is 3.44. The van der Waals surface area contributed by atoms with E-state index in [4.69, 9.17) is 9.47 Å². The van der Waals surface area contributed by atoms with Gasteiger partial charge in [0, 0.05) is 21.8 Å². The molecule has 0 saturated carbocycles. The summed E-state index contributed by atoms with van der Waals surface area (Å²) >= 11 is 0. The van der Waals surface area contributed by atoms with Gasteiger partial charge in [-0.2, -0.15) is 0 Å². The Labute approximate surface area is 196 Å². The van der Waals surface area contributed by atoms with Gasteiger partial charge in [-0.15, -0.1) is 0 Å². The smallest absolute Gasteiger partial charge is 0.355 e. The number of hydrogen-bond acceptors (Lipinski definition) is 4. The molecule has 0 bridgehead atoms. The van der Waals surface area contributed by atoms with Crippen molar-refractivity contribution in [2.45, 2.75) is 27.1 Å². The lowest BCUT2D eigenvalue weighted by Crippen LogP contribution is -2.07. The van der Waals surface area contributed by atoms with E-state index < -0.39 is 11.9 Å². The molecule has 0 amide bonds. The lowest BCUT2D eigenvalue weighted by molar-refractivity contribution is 0.0458. The van der Waals surface area contributed by atoms with Crippen LogP contribution in [0.2, 0.25) is 0 Å². The molecule has 0 radical (unpaired) electrons. The highest BCUT2D eigenvalue weighted by molar-refractivity contribution is 6.07. The molecule has 2 heterocycles. The lowest BCUT2D eigenvalue weighted by atomic mass is 10.0. The maximum Gasteiger partial charge on any atom is 0.355 e. The van der Waals surface area contributed by atoms with Crippen molar-refractivity contribution < 1.29 is 19.1 Å². The lowest BCUT2D eigenvalue weighted by Gasteiger charge is -2.04. The Balaban J connectivity index is 1.39. The van der Waals surface area contributed by atoms with Gasteiger partial charge >= 0.3 is 11.9 Å². The number of fused-ring (bicyclic) bond motifs is 2. The molecule has 0 spiro atoms. The monoisotopic (exact) mass is 452 g/mol. The molecule has 5 aromatic rings. The third-order valence-electron chi connectivity index (χ3n) is 6.03. The molecule has 5 rings (SSSR count). The van der Waals surface area contributed by atoms with Crippen LogP contribution in [0.4, 0.5) is 0 Å². The van der Waals surface area contributed by atoms with Gasteiger partial charge in [-0.3, -0.25) is 0 Å². The second kappa shape index (κ2) is 8.90. The first kappa shape index (κ1) is 21.5. The second-order valence-corrected chi connectivity index (χ2v) is 8.32. The highest BCUT2D eigenvalue weighted by atomic mass is 16.5. The maximum absolute atomic E-state index is 12.8. The minimum absolute atomic E-state index is 0.211. The van der Waals surface area contributed by atoms with Gasteiger partial charge in [-0.05, 0) is 48.2 Å². The second-order valence-electron chi connectivity index (χ2n) is 8.32. The third-order valence-corrected chi connectivity index (χ3v) is 6.03. The summed E-state index contributed by atoms with van der Waals surface area (Å²) in [5, 5.41) is 1.80. The molecule has 0 aliphatic carbocycles. The molecule has 34 heavy (non-hydrogen) atoms. The highest BCUT2D eigenvalue weighted by Crippen LogP contribution is 2.32. The molecule has 2 N–H and O–H groups in total. The molecule has 0 fully saturated rings. The van der Waals surface area contributed by atoms with Crippen LogP contribution in [0.25, 0.3) is 21.8 Å². The number of aromatic nitrogens is 2. The van der Waals surface area contributed by atoms with Crippen molar-refractivity contribution in [2.75, 3.05) is 0 Å². The average molecular weight is 453 g/mol. The van der Waals surface area contributed by atoms with Crippen LogP contribution in [0, 0.1) is 13.8 Å². The van der Waals surface area contributed by atoms with E-state index in [1.165, 1.54) is 0 Å². The Hall–Kier alpha value is -4.32. The van der Waals surface area contributed by atoms with E-state index in [1.54, 1.807) is 6.07 Å². The summed E-state index contributed by atoms with van der Waals surface area (Å²) in [6.07, 6.45) is 0. The van der Waals surface area contributed by atoms with Crippen LogP contribution in [0.1, 0.15) is 43.2 Å². The Bertz CT molecular complexity index is 1500. The van der Waals surface area contributed by atoms with Crippen molar-refractivity contribution in [3.05, 3.63) is 106 Å². The quantitative estimate of drug-likeness (QED) is 0.310. The van der Waals surface area contributed by atoms with Crippen molar-refractivity contribution in [1.82, 2.24) is 9.97 Å². The number of aromatic amines is 2. The van der Waals surface area contributed by atoms with Crippen LogP contribution >= 0.6 is 0 Å². The maximum atomic E-state index is 12.8. The van der Waals surface area contributed by atoms with Gasteiger partial charge in [0.05, 0.1) is 0 Å². The summed E-state index contributed by atoms with van der Waals surface area (Å²) in [5.41, 5.74) is 6.11. The molecule has 170 valence electrons. The van der Waals surface area contributed by atoms with E-state index in [0.29, 0.717) is 11.4 Å². The molecule has 0 atom stereocenters. The first-order chi connectivity index (χ1) is 16.5. The first-order valence-corrected chi connectivity index (χ1v) is 11.1. The van der Waals surface area contributed by atoms with E-state index in [2.05, 4.69) is 9.97 Å². The van der Waals surface area contributed by atoms with Crippen LogP contribution in [0.5, 0.6) is 0 Å². The highest BCUT2D eigenvalue weighted by Gasteiger charge is 2.21. The van der Waals surface area contributed by atoms with Crippen LogP contribution in [-0.2, 0) is 22.7 Å². The van der Waals surface area contributed by atoms with Crippen molar-refractivity contribution in [1.29, 1.82) is 0 Å². The van der Waals surface area contributed by atoms with Crippen molar-refractivity contribution >= 4 is 33.7 Å². The number of ether oxygens (including phenoxy) is 2. The van der Waals surface area contributed by atoms with E-state index in [9.17, 15) is 9.59 Å². The summed E-state index contributed by atoms with van der Waals surface area (Å²) in [6.45, 7) is 4.29. The van der Waals surface area contributed by atoms with Crippen LogP contribution < -0.4 is 0 Å². The molecule has 6 nitrogen and oxygen atoms in total. The molecular weight excluding hydrogens is 428 g/mol. The fourth-order valence-corrected chi connectivity index (χ4v) is 4.29. The van der Waals surface area contributed by atoms with Crippen LogP contribution in [0.3, 0.4) is 0 Å². The number of carbonyl (C=O) groups is 2.